The van der Waals surface area contributed by atoms with Crippen molar-refractivity contribution in [3.8, 4) is 0 Å². The van der Waals surface area contributed by atoms with Crippen molar-refractivity contribution in [1.82, 2.24) is 5.32 Å². The van der Waals surface area contributed by atoms with Crippen LogP contribution < -0.4 is 5.32 Å². The molecule has 1 aromatic carbocycles. The van der Waals surface area contributed by atoms with Gasteiger partial charge in [0.25, 0.3) is 5.91 Å². The zero-order valence-corrected chi connectivity index (χ0v) is 11.1. The predicted octanol–water partition coefficient (Wildman–Crippen LogP) is 1.30. The standard InChI is InChI=1S/C14H17NO5/c1-2-9-3-5-10(6-4-9)13(18)15-11(14(19)20)7-8-12(16)17/h3-6,11H,2,7-8H2,1H3,(H,15,18)(H,16,17)(H,19,20). The third kappa shape index (κ3) is 4.72. The molecule has 0 aliphatic carbocycles. The molecular weight excluding hydrogens is 262 g/mol. The van der Waals surface area contributed by atoms with Gasteiger partial charge in [-0.3, -0.25) is 9.59 Å². The van der Waals surface area contributed by atoms with E-state index in [4.69, 9.17) is 10.2 Å². The summed E-state index contributed by atoms with van der Waals surface area (Å²) in [5.74, 6) is -2.87. The van der Waals surface area contributed by atoms with Crippen molar-refractivity contribution >= 4 is 17.8 Å². The van der Waals surface area contributed by atoms with Crippen LogP contribution in [0, 0.1) is 0 Å². The molecule has 1 aromatic rings. The Morgan fingerprint density at radius 3 is 2.20 bits per heavy atom. The molecule has 0 radical (unpaired) electrons. The van der Waals surface area contributed by atoms with Crippen LogP contribution in [0.25, 0.3) is 0 Å². The maximum atomic E-state index is 11.9. The van der Waals surface area contributed by atoms with Gasteiger partial charge in [-0.25, -0.2) is 4.79 Å². The lowest BCUT2D eigenvalue weighted by molar-refractivity contribution is -0.140. The summed E-state index contributed by atoms with van der Waals surface area (Å²) >= 11 is 0. The van der Waals surface area contributed by atoms with Crippen LogP contribution in [0.2, 0.25) is 0 Å². The zero-order chi connectivity index (χ0) is 15.1. The first-order valence-electron chi connectivity index (χ1n) is 6.28. The number of aryl methyl sites for hydroxylation is 1. The molecule has 0 heterocycles. The highest BCUT2D eigenvalue weighted by molar-refractivity contribution is 5.96. The molecule has 0 aromatic heterocycles. The molecule has 0 saturated heterocycles. The zero-order valence-electron chi connectivity index (χ0n) is 11.1. The summed E-state index contributed by atoms with van der Waals surface area (Å²) in [5.41, 5.74) is 1.42. The van der Waals surface area contributed by atoms with Gasteiger partial charge in [-0.15, -0.1) is 0 Å². The fourth-order valence-corrected chi connectivity index (χ4v) is 1.66. The van der Waals surface area contributed by atoms with E-state index in [1.54, 1.807) is 24.3 Å². The Morgan fingerprint density at radius 2 is 1.75 bits per heavy atom. The predicted molar refractivity (Wildman–Crippen MR) is 71.6 cm³/mol. The molecular formula is C14H17NO5. The maximum Gasteiger partial charge on any atom is 0.326 e. The number of carboxylic acid groups (broad SMARTS) is 2. The lowest BCUT2D eigenvalue weighted by atomic mass is 10.1. The van der Waals surface area contributed by atoms with Gasteiger partial charge in [-0.2, -0.15) is 0 Å². The van der Waals surface area contributed by atoms with Crippen LogP contribution in [-0.2, 0) is 16.0 Å². The van der Waals surface area contributed by atoms with Crippen molar-refractivity contribution in [2.75, 3.05) is 0 Å². The van der Waals surface area contributed by atoms with E-state index in [0.29, 0.717) is 5.56 Å². The number of hydrogen-bond donors (Lipinski definition) is 3. The number of hydrogen-bond acceptors (Lipinski definition) is 3. The minimum atomic E-state index is -1.25. The van der Waals surface area contributed by atoms with Crippen LogP contribution in [0.5, 0.6) is 0 Å². The van der Waals surface area contributed by atoms with Crippen molar-refractivity contribution < 1.29 is 24.6 Å². The van der Waals surface area contributed by atoms with E-state index in [0.717, 1.165) is 12.0 Å². The number of amides is 1. The number of benzene rings is 1. The number of rotatable bonds is 7. The van der Waals surface area contributed by atoms with Gasteiger partial charge in [0.15, 0.2) is 0 Å². The largest absolute Gasteiger partial charge is 0.481 e. The van der Waals surface area contributed by atoms with E-state index in [2.05, 4.69) is 5.32 Å². The Labute approximate surface area is 116 Å². The molecule has 1 unspecified atom stereocenters. The SMILES string of the molecule is CCc1ccc(C(=O)NC(CCC(=O)O)C(=O)O)cc1. The van der Waals surface area contributed by atoms with Crippen molar-refractivity contribution in [2.24, 2.45) is 0 Å². The first-order chi connectivity index (χ1) is 9.43. The van der Waals surface area contributed by atoms with Gasteiger partial charge in [0.05, 0.1) is 0 Å². The molecule has 0 aliphatic heterocycles. The normalized spacial score (nSPS) is 11.7. The molecule has 3 N–H and O–H groups in total. The topological polar surface area (TPSA) is 104 Å². The highest BCUT2D eigenvalue weighted by Crippen LogP contribution is 2.06. The highest BCUT2D eigenvalue weighted by Gasteiger charge is 2.21. The third-order valence-electron chi connectivity index (χ3n) is 2.87. The Hall–Kier alpha value is -2.37. The molecule has 1 rings (SSSR count). The summed E-state index contributed by atoms with van der Waals surface area (Å²) in [4.78, 5) is 33.3. The number of carboxylic acids is 2. The van der Waals surface area contributed by atoms with Gasteiger partial charge < -0.3 is 15.5 Å². The van der Waals surface area contributed by atoms with Crippen LogP contribution in [-0.4, -0.2) is 34.1 Å². The Morgan fingerprint density at radius 1 is 1.15 bits per heavy atom. The molecule has 0 aliphatic rings. The van der Waals surface area contributed by atoms with Crippen molar-refractivity contribution in [2.45, 2.75) is 32.2 Å². The summed E-state index contributed by atoms with van der Waals surface area (Å²) in [6.07, 6.45) is 0.383. The van der Waals surface area contributed by atoms with Crippen molar-refractivity contribution in [3.05, 3.63) is 35.4 Å². The average molecular weight is 279 g/mol. The first kappa shape index (κ1) is 15.7. The van der Waals surface area contributed by atoms with Crippen molar-refractivity contribution in [3.63, 3.8) is 0 Å². The summed E-state index contributed by atoms with van der Waals surface area (Å²) < 4.78 is 0. The quantitative estimate of drug-likeness (QED) is 0.698. The van der Waals surface area contributed by atoms with E-state index in [9.17, 15) is 14.4 Å². The third-order valence-corrected chi connectivity index (χ3v) is 2.87. The minimum absolute atomic E-state index is 0.149. The Kier molecular flexibility index (Phi) is 5.71. The van der Waals surface area contributed by atoms with Gasteiger partial charge in [-0.1, -0.05) is 19.1 Å². The van der Waals surface area contributed by atoms with E-state index in [1.807, 2.05) is 6.92 Å². The number of carbonyl (C=O) groups is 3. The van der Waals surface area contributed by atoms with Gasteiger partial charge in [0.2, 0.25) is 0 Å². The van der Waals surface area contributed by atoms with E-state index >= 15 is 0 Å². The molecule has 1 amide bonds. The van der Waals surface area contributed by atoms with Gasteiger partial charge >= 0.3 is 11.9 Å². The molecule has 6 nitrogen and oxygen atoms in total. The van der Waals surface area contributed by atoms with Crippen LogP contribution in [0.3, 0.4) is 0 Å². The summed E-state index contributed by atoms with van der Waals surface area (Å²) in [5, 5.41) is 19.8. The summed E-state index contributed by atoms with van der Waals surface area (Å²) in [6.45, 7) is 1.99. The first-order valence-corrected chi connectivity index (χ1v) is 6.28. The smallest absolute Gasteiger partial charge is 0.326 e. The molecule has 0 bridgehead atoms. The second-order valence-corrected chi connectivity index (χ2v) is 4.35. The monoisotopic (exact) mass is 279 g/mol. The van der Waals surface area contributed by atoms with Gasteiger partial charge in [0.1, 0.15) is 6.04 Å². The Balaban J connectivity index is 2.69. The number of aliphatic carboxylic acids is 2. The second-order valence-electron chi connectivity index (χ2n) is 4.35. The van der Waals surface area contributed by atoms with E-state index in [-0.39, 0.29) is 12.8 Å². The molecule has 0 saturated carbocycles. The number of nitrogens with one attached hydrogen (secondary N) is 1. The van der Waals surface area contributed by atoms with E-state index < -0.39 is 23.9 Å². The van der Waals surface area contributed by atoms with Crippen LogP contribution in [0.15, 0.2) is 24.3 Å². The Bertz CT molecular complexity index is 495. The van der Waals surface area contributed by atoms with Crippen molar-refractivity contribution in [1.29, 1.82) is 0 Å². The minimum Gasteiger partial charge on any atom is -0.481 e. The lowest BCUT2D eigenvalue weighted by Crippen LogP contribution is -2.41. The molecule has 1 atom stereocenters. The molecule has 0 fully saturated rings. The van der Waals surface area contributed by atoms with E-state index in [1.165, 1.54) is 0 Å². The van der Waals surface area contributed by atoms with Gasteiger partial charge in [0, 0.05) is 12.0 Å². The molecule has 108 valence electrons. The molecule has 20 heavy (non-hydrogen) atoms. The fourth-order valence-electron chi connectivity index (χ4n) is 1.66. The second kappa shape index (κ2) is 7.28. The van der Waals surface area contributed by atoms with Crippen LogP contribution in [0.1, 0.15) is 35.7 Å². The summed E-state index contributed by atoms with van der Waals surface area (Å²) in [6, 6.07) is 5.61. The maximum absolute atomic E-state index is 11.9. The highest BCUT2D eigenvalue weighted by atomic mass is 16.4. The van der Waals surface area contributed by atoms with Gasteiger partial charge in [-0.05, 0) is 30.5 Å². The summed E-state index contributed by atoms with van der Waals surface area (Å²) in [7, 11) is 0. The van der Waals surface area contributed by atoms with Crippen LogP contribution in [0.4, 0.5) is 0 Å². The lowest BCUT2D eigenvalue weighted by Gasteiger charge is -2.13. The number of carbonyl (C=O) groups excluding carboxylic acids is 1. The molecule has 0 spiro atoms. The fraction of sp³-hybridized carbons (Fsp3) is 0.357. The van der Waals surface area contributed by atoms with Crippen LogP contribution >= 0.6 is 0 Å². The molecule has 6 heteroatoms. The average Bonchev–Trinajstić information content (AvgIpc) is 2.42.